The maximum absolute atomic E-state index is 13.5. The van der Waals surface area contributed by atoms with Crippen LogP contribution >= 0.6 is 11.8 Å². The summed E-state index contributed by atoms with van der Waals surface area (Å²) in [4.78, 5) is 18.5. The van der Waals surface area contributed by atoms with Crippen molar-refractivity contribution < 1.29 is 9.18 Å². The third kappa shape index (κ3) is 5.03. The molecule has 0 N–H and O–H groups in total. The molecule has 0 aliphatic rings. The van der Waals surface area contributed by atoms with E-state index in [1.54, 1.807) is 36.5 Å². The molecule has 0 saturated carbocycles. The molecule has 8 heteroatoms. The van der Waals surface area contributed by atoms with E-state index in [-0.39, 0.29) is 17.5 Å². The Morgan fingerprint density at radius 3 is 2.38 bits per heavy atom. The van der Waals surface area contributed by atoms with Crippen molar-refractivity contribution in [2.45, 2.75) is 18.6 Å². The summed E-state index contributed by atoms with van der Waals surface area (Å²) in [5.41, 5.74) is 3.80. The molecule has 0 spiro atoms. The molecule has 0 fully saturated rings. The van der Waals surface area contributed by atoms with E-state index in [9.17, 15) is 9.18 Å². The Labute approximate surface area is 190 Å². The van der Waals surface area contributed by atoms with Gasteiger partial charge in [-0.3, -0.25) is 14.3 Å². The highest BCUT2D eigenvalue weighted by Gasteiger charge is 2.18. The summed E-state index contributed by atoms with van der Waals surface area (Å²) in [5, 5.41) is 9.19. The van der Waals surface area contributed by atoms with E-state index < -0.39 is 0 Å². The van der Waals surface area contributed by atoms with Gasteiger partial charge in [0, 0.05) is 37.2 Å². The average molecular weight is 448 g/mol. The summed E-state index contributed by atoms with van der Waals surface area (Å²) in [6.45, 7) is 2.57. The number of hydrogen-bond acceptors (Lipinski definition) is 5. The molecule has 0 unspecified atom stereocenters. The molecule has 4 aromatic rings. The van der Waals surface area contributed by atoms with E-state index >= 15 is 0 Å². The highest BCUT2D eigenvalue weighted by Crippen LogP contribution is 2.28. The van der Waals surface area contributed by atoms with Gasteiger partial charge in [-0.1, -0.05) is 41.6 Å². The predicted octanol–water partition coefficient (Wildman–Crippen LogP) is 4.53. The largest absolute Gasteiger partial charge is 0.341 e. The van der Waals surface area contributed by atoms with Crippen LogP contribution in [-0.4, -0.2) is 43.4 Å². The Hall–Kier alpha value is -3.52. The molecular weight excluding hydrogens is 425 g/mol. The number of amides is 1. The van der Waals surface area contributed by atoms with Gasteiger partial charge in [0.05, 0.1) is 5.75 Å². The summed E-state index contributed by atoms with van der Waals surface area (Å²) >= 11 is 1.30. The molecule has 2 heterocycles. The van der Waals surface area contributed by atoms with Crippen molar-refractivity contribution in [3.63, 3.8) is 0 Å². The number of carbonyl (C=O) groups excluding carboxylic acids is 1. The molecule has 1 amide bonds. The number of aryl methyl sites for hydroxylation is 1. The zero-order valence-electron chi connectivity index (χ0n) is 17.8. The van der Waals surface area contributed by atoms with Gasteiger partial charge in [-0.05, 0) is 48.9 Å². The number of pyridine rings is 1. The van der Waals surface area contributed by atoms with Crippen LogP contribution in [0, 0.1) is 12.7 Å². The van der Waals surface area contributed by atoms with Crippen LogP contribution in [0.3, 0.4) is 0 Å². The molecule has 0 atom stereocenters. The van der Waals surface area contributed by atoms with E-state index in [1.807, 2.05) is 47.9 Å². The lowest BCUT2D eigenvalue weighted by atomic mass is 10.1. The average Bonchev–Trinajstić information content (AvgIpc) is 3.24. The second kappa shape index (κ2) is 9.74. The molecule has 0 saturated heterocycles. The standard InChI is InChI=1S/C24H22FN5OS/c1-17-3-5-18(6-4-17)15-29(2)22(31)16-32-24-28-27-23(19-11-13-26-14-12-19)30(24)21-9-7-20(25)8-10-21/h3-14H,15-16H2,1-2H3. The molecule has 0 bridgehead atoms. The molecule has 0 aliphatic heterocycles. The first-order valence-corrected chi connectivity index (χ1v) is 11.0. The van der Waals surface area contributed by atoms with Crippen molar-refractivity contribution in [1.82, 2.24) is 24.6 Å². The van der Waals surface area contributed by atoms with Gasteiger partial charge in [-0.25, -0.2) is 4.39 Å². The normalized spacial score (nSPS) is 10.8. The van der Waals surface area contributed by atoms with Gasteiger partial charge in [0.1, 0.15) is 5.82 Å². The number of benzene rings is 2. The van der Waals surface area contributed by atoms with E-state index in [4.69, 9.17) is 0 Å². The first kappa shape index (κ1) is 21.7. The Morgan fingerprint density at radius 1 is 1.00 bits per heavy atom. The zero-order valence-corrected chi connectivity index (χ0v) is 18.6. The first-order valence-electron chi connectivity index (χ1n) is 10.1. The minimum Gasteiger partial charge on any atom is -0.341 e. The van der Waals surface area contributed by atoms with Crippen molar-refractivity contribution in [1.29, 1.82) is 0 Å². The van der Waals surface area contributed by atoms with E-state index in [1.165, 1.54) is 29.5 Å². The van der Waals surface area contributed by atoms with Crippen LogP contribution in [0.2, 0.25) is 0 Å². The number of thioether (sulfide) groups is 1. The second-order valence-corrected chi connectivity index (χ2v) is 8.32. The number of hydrogen-bond donors (Lipinski definition) is 0. The Balaban J connectivity index is 1.54. The van der Waals surface area contributed by atoms with Crippen molar-refractivity contribution in [3.8, 4) is 17.1 Å². The van der Waals surface area contributed by atoms with Gasteiger partial charge in [0.2, 0.25) is 5.91 Å². The topological polar surface area (TPSA) is 63.9 Å². The first-order chi connectivity index (χ1) is 15.5. The van der Waals surface area contributed by atoms with Gasteiger partial charge in [-0.2, -0.15) is 0 Å². The number of aromatic nitrogens is 4. The SMILES string of the molecule is Cc1ccc(CN(C)C(=O)CSc2nnc(-c3ccncc3)n2-c2ccc(F)cc2)cc1. The van der Waals surface area contributed by atoms with Crippen molar-refractivity contribution in [2.24, 2.45) is 0 Å². The summed E-state index contributed by atoms with van der Waals surface area (Å²) in [6.07, 6.45) is 3.35. The van der Waals surface area contributed by atoms with Crippen LogP contribution in [0.25, 0.3) is 17.1 Å². The molecule has 0 radical (unpaired) electrons. The maximum Gasteiger partial charge on any atom is 0.233 e. The molecule has 4 rings (SSSR count). The van der Waals surface area contributed by atoms with Crippen LogP contribution in [0.4, 0.5) is 4.39 Å². The summed E-state index contributed by atoms with van der Waals surface area (Å²) in [7, 11) is 1.79. The minimum absolute atomic E-state index is 0.0188. The maximum atomic E-state index is 13.5. The molecule has 2 aromatic heterocycles. The lowest BCUT2D eigenvalue weighted by molar-refractivity contribution is -0.127. The number of halogens is 1. The summed E-state index contributed by atoms with van der Waals surface area (Å²) in [6, 6.07) is 17.9. The van der Waals surface area contributed by atoms with Crippen molar-refractivity contribution in [2.75, 3.05) is 12.8 Å². The van der Waals surface area contributed by atoms with Gasteiger partial charge >= 0.3 is 0 Å². The van der Waals surface area contributed by atoms with Gasteiger partial charge in [0.25, 0.3) is 0 Å². The smallest absolute Gasteiger partial charge is 0.233 e. The van der Waals surface area contributed by atoms with Crippen LogP contribution in [0.5, 0.6) is 0 Å². The van der Waals surface area contributed by atoms with Crippen LogP contribution < -0.4 is 0 Å². The second-order valence-electron chi connectivity index (χ2n) is 7.38. The fourth-order valence-corrected chi connectivity index (χ4v) is 4.06. The molecule has 2 aromatic carbocycles. The van der Waals surface area contributed by atoms with Crippen molar-refractivity contribution in [3.05, 3.63) is 90.0 Å². The highest BCUT2D eigenvalue weighted by molar-refractivity contribution is 7.99. The third-order valence-electron chi connectivity index (χ3n) is 4.95. The van der Waals surface area contributed by atoms with E-state index in [0.29, 0.717) is 23.2 Å². The van der Waals surface area contributed by atoms with Gasteiger partial charge in [-0.15, -0.1) is 10.2 Å². The third-order valence-corrected chi connectivity index (χ3v) is 5.86. The fourth-order valence-electron chi connectivity index (χ4n) is 3.17. The van der Waals surface area contributed by atoms with Crippen LogP contribution in [-0.2, 0) is 11.3 Å². The zero-order chi connectivity index (χ0) is 22.5. The predicted molar refractivity (Wildman–Crippen MR) is 123 cm³/mol. The quantitative estimate of drug-likeness (QED) is 0.390. The molecule has 32 heavy (non-hydrogen) atoms. The monoisotopic (exact) mass is 447 g/mol. The molecule has 6 nitrogen and oxygen atoms in total. The Kier molecular flexibility index (Phi) is 6.61. The highest BCUT2D eigenvalue weighted by atomic mass is 32.2. The molecule has 162 valence electrons. The number of nitrogens with zero attached hydrogens (tertiary/aromatic N) is 5. The van der Waals surface area contributed by atoms with E-state index in [2.05, 4.69) is 15.2 Å². The molecular formula is C24H22FN5OS. The van der Waals surface area contributed by atoms with Crippen molar-refractivity contribution >= 4 is 17.7 Å². The van der Waals surface area contributed by atoms with E-state index in [0.717, 1.165) is 11.1 Å². The Bertz CT molecular complexity index is 1190. The van der Waals surface area contributed by atoms with Crippen LogP contribution in [0.15, 0.2) is 78.2 Å². The minimum atomic E-state index is -0.325. The number of rotatable bonds is 7. The molecule has 0 aliphatic carbocycles. The van der Waals surface area contributed by atoms with Crippen LogP contribution in [0.1, 0.15) is 11.1 Å². The van der Waals surface area contributed by atoms with Gasteiger partial charge in [0.15, 0.2) is 11.0 Å². The summed E-state index contributed by atoms with van der Waals surface area (Å²) < 4.78 is 15.3. The Morgan fingerprint density at radius 2 is 1.69 bits per heavy atom. The lowest BCUT2D eigenvalue weighted by Crippen LogP contribution is -2.27. The summed E-state index contributed by atoms with van der Waals surface area (Å²) in [5.74, 6) is 0.462. The number of carbonyl (C=O) groups is 1. The fraction of sp³-hybridized carbons (Fsp3) is 0.167. The van der Waals surface area contributed by atoms with Gasteiger partial charge < -0.3 is 4.90 Å². The lowest BCUT2D eigenvalue weighted by Gasteiger charge is -2.17.